The first kappa shape index (κ1) is 15.7. The molecule has 3 nitrogen and oxygen atoms in total. The van der Waals surface area contributed by atoms with Crippen LogP contribution in [-0.4, -0.2) is 24.6 Å². The lowest BCUT2D eigenvalue weighted by atomic mass is 10.1. The Labute approximate surface area is 117 Å². The Bertz CT molecular complexity index is 359. The Hall–Kier alpha value is -1.35. The highest BCUT2D eigenvalue weighted by molar-refractivity contribution is 5.40. The van der Waals surface area contributed by atoms with Gasteiger partial charge in [-0.1, -0.05) is 26.0 Å². The third kappa shape index (κ3) is 5.03. The number of hydrogen-bond acceptors (Lipinski definition) is 3. The molecule has 0 aliphatic heterocycles. The van der Waals surface area contributed by atoms with E-state index in [0.717, 1.165) is 38.3 Å². The third-order valence-corrected chi connectivity index (χ3v) is 3.14. The normalized spacial score (nSPS) is 12.2. The fourth-order valence-corrected chi connectivity index (χ4v) is 2.04. The van der Waals surface area contributed by atoms with Gasteiger partial charge in [0, 0.05) is 25.3 Å². The van der Waals surface area contributed by atoms with Crippen molar-refractivity contribution < 1.29 is 0 Å². The van der Waals surface area contributed by atoms with Crippen molar-refractivity contribution in [3.05, 3.63) is 36.5 Å². The van der Waals surface area contributed by atoms with E-state index >= 15 is 0 Å². The van der Waals surface area contributed by atoms with Crippen LogP contribution in [0, 0.1) is 0 Å². The second-order valence-electron chi connectivity index (χ2n) is 4.86. The zero-order valence-corrected chi connectivity index (χ0v) is 12.5. The summed E-state index contributed by atoms with van der Waals surface area (Å²) >= 11 is 0. The van der Waals surface area contributed by atoms with Crippen LogP contribution in [0.2, 0.25) is 0 Å². The summed E-state index contributed by atoms with van der Waals surface area (Å²) in [7, 11) is 0. The van der Waals surface area contributed by atoms with Crippen molar-refractivity contribution in [3.63, 3.8) is 0 Å². The molecule has 1 heterocycles. The van der Waals surface area contributed by atoms with Gasteiger partial charge >= 0.3 is 0 Å². The molecule has 0 aromatic carbocycles. The van der Waals surface area contributed by atoms with Gasteiger partial charge in [-0.15, -0.1) is 6.58 Å². The molecule has 0 saturated carbocycles. The molecule has 1 rings (SSSR count). The molecule has 0 saturated heterocycles. The molecule has 0 radical (unpaired) electrons. The Morgan fingerprint density at radius 1 is 1.37 bits per heavy atom. The van der Waals surface area contributed by atoms with Crippen LogP contribution in [-0.2, 0) is 0 Å². The summed E-state index contributed by atoms with van der Waals surface area (Å²) < 4.78 is 0. The Kier molecular flexibility index (Phi) is 7.19. The summed E-state index contributed by atoms with van der Waals surface area (Å²) in [6.07, 6.45) is 6.18. The number of anilines is 1. The van der Waals surface area contributed by atoms with Crippen molar-refractivity contribution in [1.29, 1.82) is 0 Å². The van der Waals surface area contributed by atoms with Crippen LogP contribution in [0.5, 0.6) is 0 Å². The van der Waals surface area contributed by atoms with Crippen LogP contribution >= 0.6 is 0 Å². The fraction of sp³-hybridized carbons (Fsp3) is 0.562. The minimum Gasteiger partial charge on any atom is -0.353 e. The zero-order chi connectivity index (χ0) is 14.1. The highest BCUT2D eigenvalue weighted by Crippen LogP contribution is 2.16. The highest BCUT2D eigenvalue weighted by atomic mass is 15.2. The molecule has 0 aliphatic rings. The van der Waals surface area contributed by atoms with Gasteiger partial charge in [-0.05, 0) is 37.9 Å². The zero-order valence-electron chi connectivity index (χ0n) is 12.5. The summed E-state index contributed by atoms with van der Waals surface area (Å²) in [5.41, 5.74) is 1.24. The smallest absolute Gasteiger partial charge is 0.128 e. The average molecular weight is 261 g/mol. The third-order valence-electron chi connectivity index (χ3n) is 3.14. The van der Waals surface area contributed by atoms with Crippen molar-refractivity contribution in [2.24, 2.45) is 0 Å². The predicted molar refractivity (Wildman–Crippen MR) is 83.6 cm³/mol. The van der Waals surface area contributed by atoms with Crippen LogP contribution in [0.4, 0.5) is 5.82 Å². The molecule has 0 aliphatic carbocycles. The quantitative estimate of drug-likeness (QED) is 0.689. The summed E-state index contributed by atoms with van der Waals surface area (Å²) in [4.78, 5) is 6.83. The number of nitrogens with zero attached hydrogens (tertiary/aromatic N) is 2. The molecule has 0 spiro atoms. The Balaban J connectivity index is 2.70. The molecule has 1 atom stereocenters. The Morgan fingerprint density at radius 2 is 2.16 bits per heavy atom. The van der Waals surface area contributed by atoms with E-state index in [9.17, 15) is 0 Å². The van der Waals surface area contributed by atoms with Gasteiger partial charge in [-0.2, -0.15) is 0 Å². The van der Waals surface area contributed by atoms with Crippen LogP contribution < -0.4 is 10.2 Å². The van der Waals surface area contributed by atoms with Gasteiger partial charge in [-0.25, -0.2) is 4.98 Å². The molecule has 1 unspecified atom stereocenters. The molecule has 106 valence electrons. The largest absolute Gasteiger partial charge is 0.353 e. The first-order valence-electron chi connectivity index (χ1n) is 7.28. The maximum atomic E-state index is 4.58. The number of pyridine rings is 1. The van der Waals surface area contributed by atoms with E-state index in [4.69, 9.17) is 0 Å². The lowest BCUT2D eigenvalue weighted by molar-refractivity contribution is 0.569. The Morgan fingerprint density at radius 3 is 2.68 bits per heavy atom. The van der Waals surface area contributed by atoms with Gasteiger partial charge in [0.05, 0.1) is 0 Å². The monoisotopic (exact) mass is 261 g/mol. The highest BCUT2D eigenvalue weighted by Gasteiger charge is 2.08. The molecule has 0 fully saturated rings. The van der Waals surface area contributed by atoms with Crippen LogP contribution in [0.3, 0.4) is 0 Å². The van der Waals surface area contributed by atoms with Gasteiger partial charge in [-0.3, -0.25) is 0 Å². The van der Waals surface area contributed by atoms with E-state index in [1.807, 2.05) is 12.3 Å². The minimum absolute atomic E-state index is 0.362. The van der Waals surface area contributed by atoms with E-state index in [1.165, 1.54) is 5.56 Å². The lowest BCUT2D eigenvalue weighted by Crippen LogP contribution is -2.25. The fourth-order valence-electron chi connectivity index (χ4n) is 2.04. The summed E-state index contributed by atoms with van der Waals surface area (Å²) in [5.74, 6) is 1.04. The van der Waals surface area contributed by atoms with Gasteiger partial charge in [0.15, 0.2) is 0 Å². The molecule has 19 heavy (non-hydrogen) atoms. The van der Waals surface area contributed by atoms with Crippen molar-refractivity contribution in [2.75, 3.05) is 24.5 Å². The molecule has 0 bridgehead atoms. The van der Waals surface area contributed by atoms with Crippen LogP contribution in [0.15, 0.2) is 31.0 Å². The van der Waals surface area contributed by atoms with Crippen LogP contribution in [0.1, 0.15) is 45.2 Å². The van der Waals surface area contributed by atoms with Gasteiger partial charge in [0.2, 0.25) is 0 Å². The maximum absolute atomic E-state index is 4.58. The van der Waals surface area contributed by atoms with Crippen molar-refractivity contribution in [1.82, 2.24) is 10.3 Å². The van der Waals surface area contributed by atoms with E-state index in [1.54, 1.807) is 0 Å². The second kappa shape index (κ2) is 8.70. The topological polar surface area (TPSA) is 28.2 Å². The van der Waals surface area contributed by atoms with Crippen molar-refractivity contribution in [2.45, 2.75) is 39.7 Å². The maximum Gasteiger partial charge on any atom is 0.128 e. The number of aromatic nitrogens is 1. The SMILES string of the molecule is C=CCN(CCC)c1ccc(C(C)NCCC)cn1. The first-order chi connectivity index (χ1) is 9.22. The number of rotatable bonds is 9. The second-order valence-corrected chi connectivity index (χ2v) is 4.86. The summed E-state index contributed by atoms with van der Waals surface area (Å²) in [5, 5.41) is 3.48. The van der Waals surface area contributed by atoms with E-state index < -0.39 is 0 Å². The molecular weight excluding hydrogens is 234 g/mol. The molecule has 1 aromatic rings. The minimum atomic E-state index is 0.362. The molecule has 3 heteroatoms. The van der Waals surface area contributed by atoms with Gasteiger partial charge in [0.1, 0.15) is 5.82 Å². The van der Waals surface area contributed by atoms with E-state index in [0.29, 0.717) is 6.04 Å². The standard InChI is InChI=1S/C16H27N3/c1-5-10-17-14(4)15-8-9-16(18-13-15)19(11-6-2)12-7-3/h6,8-9,13-14,17H,2,5,7,10-12H2,1,3-4H3. The molecular formula is C16H27N3. The average Bonchev–Trinajstić information content (AvgIpc) is 2.44. The molecule has 1 aromatic heterocycles. The summed E-state index contributed by atoms with van der Waals surface area (Å²) in [6, 6.07) is 4.64. The number of nitrogens with one attached hydrogen (secondary N) is 1. The molecule has 1 N–H and O–H groups in total. The number of hydrogen-bond donors (Lipinski definition) is 1. The molecule has 0 amide bonds. The predicted octanol–water partition coefficient (Wildman–Crippen LogP) is 3.54. The van der Waals surface area contributed by atoms with E-state index in [2.05, 4.69) is 54.7 Å². The lowest BCUT2D eigenvalue weighted by Gasteiger charge is -2.22. The summed E-state index contributed by atoms with van der Waals surface area (Å²) in [6.45, 7) is 13.3. The van der Waals surface area contributed by atoms with Gasteiger partial charge in [0.25, 0.3) is 0 Å². The van der Waals surface area contributed by atoms with E-state index in [-0.39, 0.29) is 0 Å². The van der Waals surface area contributed by atoms with Crippen molar-refractivity contribution in [3.8, 4) is 0 Å². The van der Waals surface area contributed by atoms with Gasteiger partial charge < -0.3 is 10.2 Å². The van der Waals surface area contributed by atoms with Crippen LogP contribution in [0.25, 0.3) is 0 Å². The first-order valence-corrected chi connectivity index (χ1v) is 7.28. The van der Waals surface area contributed by atoms with Crippen molar-refractivity contribution >= 4 is 5.82 Å².